The van der Waals surface area contributed by atoms with Crippen molar-refractivity contribution < 1.29 is 8.78 Å². The van der Waals surface area contributed by atoms with E-state index in [2.05, 4.69) is 4.98 Å². The molecule has 0 bridgehead atoms. The van der Waals surface area contributed by atoms with E-state index in [1.807, 2.05) is 6.07 Å². The largest absolute Gasteiger partial charge is 0.361 e. The molecule has 3 N–H and O–H groups in total. The molecule has 1 aromatic heterocycles. The fourth-order valence-corrected chi connectivity index (χ4v) is 1.80. The summed E-state index contributed by atoms with van der Waals surface area (Å²) < 4.78 is 25.5. The Morgan fingerprint density at radius 3 is 2.73 bits per heavy atom. The summed E-state index contributed by atoms with van der Waals surface area (Å²) in [6, 6.07) is 7.13. The van der Waals surface area contributed by atoms with Crippen LogP contribution in [-0.2, 0) is 0 Å². The standard InChI is InChI=1S/C11H12F2N2/c12-11(13)9(6-14)7-2-1-3-10-8(7)4-5-15-10/h1-5,9,11,15H,6,14H2. The van der Waals surface area contributed by atoms with Crippen LogP contribution >= 0.6 is 0 Å². The highest BCUT2D eigenvalue weighted by Gasteiger charge is 2.22. The van der Waals surface area contributed by atoms with Gasteiger partial charge in [-0.2, -0.15) is 0 Å². The number of nitrogens with two attached hydrogens (primary N) is 1. The van der Waals surface area contributed by atoms with Gasteiger partial charge in [0, 0.05) is 23.6 Å². The third-order valence-electron chi connectivity index (χ3n) is 2.59. The van der Waals surface area contributed by atoms with Crippen LogP contribution in [-0.4, -0.2) is 18.0 Å². The van der Waals surface area contributed by atoms with Crippen LogP contribution in [0.25, 0.3) is 10.9 Å². The zero-order valence-corrected chi connectivity index (χ0v) is 8.08. The number of rotatable bonds is 3. The van der Waals surface area contributed by atoms with Gasteiger partial charge in [-0.3, -0.25) is 0 Å². The first-order valence-corrected chi connectivity index (χ1v) is 4.78. The van der Waals surface area contributed by atoms with Crippen molar-refractivity contribution in [3.8, 4) is 0 Å². The molecule has 1 heterocycles. The molecular weight excluding hydrogens is 198 g/mol. The zero-order chi connectivity index (χ0) is 10.8. The van der Waals surface area contributed by atoms with Crippen LogP contribution in [0.2, 0.25) is 0 Å². The summed E-state index contributed by atoms with van der Waals surface area (Å²) in [5.74, 6) is -0.885. The van der Waals surface area contributed by atoms with Crippen molar-refractivity contribution >= 4 is 10.9 Å². The van der Waals surface area contributed by atoms with Gasteiger partial charge in [0.15, 0.2) is 0 Å². The Balaban J connectivity index is 2.54. The molecule has 0 radical (unpaired) electrons. The Kier molecular flexibility index (Phi) is 2.68. The number of nitrogens with one attached hydrogen (secondary N) is 1. The van der Waals surface area contributed by atoms with E-state index in [1.54, 1.807) is 24.4 Å². The van der Waals surface area contributed by atoms with Gasteiger partial charge in [-0.25, -0.2) is 8.78 Å². The predicted octanol–water partition coefficient (Wildman–Crippen LogP) is 2.48. The molecule has 2 aromatic rings. The number of benzene rings is 1. The lowest BCUT2D eigenvalue weighted by atomic mass is 9.96. The summed E-state index contributed by atoms with van der Waals surface area (Å²) >= 11 is 0. The third kappa shape index (κ3) is 1.72. The Bertz CT molecular complexity index is 451. The number of hydrogen-bond acceptors (Lipinski definition) is 1. The molecule has 0 fully saturated rings. The number of alkyl halides is 2. The van der Waals surface area contributed by atoms with E-state index >= 15 is 0 Å². The monoisotopic (exact) mass is 210 g/mol. The molecule has 0 saturated carbocycles. The Labute approximate surface area is 86.1 Å². The van der Waals surface area contributed by atoms with E-state index in [0.29, 0.717) is 5.56 Å². The van der Waals surface area contributed by atoms with E-state index in [4.69, 9.17) is 5.73 Å². The van der Waals surface area contributed by atoms with Gasteiger partial charge in [-0.1, -0.05) is 12.1 Å². The molecule has 15 heavy (non-hydrogen) atoms. The first kappa shape index (κ1) is 10.1. The molecule has 0 aliphatic rings. The van der Waals surface area contributed by atoms with Crippen LogP contribution in [0.1, 0.15) is 11.5 Å². The molecule has 2 nitrogen and oxygen atoms in total. The van der Waals surface area contributed by atoms with Gasteiger partial charge in [0.25, 0.3) is 0 Å². The Morgan fingerprint density at radius 1 is 1.27 bits per heavy atom. The predicted molar refractivity (Wildman–Crippen MR) is 56.1 cm³/mol. The molecule has 1 atom stereocenters. The van der Waals surface area contributed by atoms with Crippen molar-refractivity contribution in [2.75, 3.05) is 6.54 Å². The van der Waals surface area contributed by atoms with Gasteiger partial charge in [-0.05, 0) is 17.7 Å². The average molecular weight is 210 g/mol. The van der Waals surface area contributed by atoms with E-state index in [9.17, 15) is 8.78 Å². The van der Waals surface area contributed by atoms with Crippen molar-refractivity contribution in [1.29, 1.82) is 0 Å². The molecule has 0 spiro atoms. The first-order chi connectivity index (χ1) is 7.24. The number of halogens is 2. The summed E-state index contributed by atoms with van der Waals surface area (Å²) in [7, 11) is 0. The van der Waals surface area contributed by atoms with Crippen LogP contribution < -0.4 is 5.73 Å². The molecule has 4 heteroatoms. The molecule has 1 unspecified atom stereocenters. The van der Waals surface area contributed by atoms with E-state index in [0.717, 1.165) is 10.9 Å². The smallest absolute Gasteiger partial charge is 0.246 e. The molecule has 0 amide bonds. The van der Waals surface area contributed by atoms with Gasteiger partial charge < -0.3 is 10.7 Å². The summed E-state index contributed by atoms with van der Waals surface area (Å²) in [6.07, 6.45) is -0.678. The maximum atomic E-state index is 12.7. The van der Waals surface area contributed by atoms with Crippen LogP contribution in [0.3, 0.4) is 0 Å². The SMILES string of the molecule is NCC(c1cccc2[nH]ccc12)C(F)F. The second-order valence-corrected chi connectivity index (χ2v) is 3.46. The maximum Gasteiger partial charge on any atom is 0.246 e. The molecule has 80 valence electrons. The summed E-state index contributed by atoms with van der Waals surface area (Å²) in [4.78, 5) is 2.99. The second-order valence-electron chi connectivity index (χ2n) is 3.46. The third-order valence-corrected chi connectivity index (χ3v) is 2.59. The number of aromatic amines is 1. The van der Waals surface area contributed by atoms with Crippen LogP contribution in [0, 0.1) is 0 Å². The lowest BCUT2D eigenvalue weighted by Gasteiger charge is -2.14. The second kappa shape index (κ2) is 3.98. The molecule has 1 aromatic carbocycles. The van der Waals surface area contributed by atoms with Crippen molar-refractivity contribution in [2.45, 2.75) is 12.3 Å². The Morgan fingerprint density at radius 2 is 2.07 bits per heavy atom. The Hall–Kier alpha value is -1.42. The lowest BCUT2D eigenvalue weighted by molar-refractivity contribution is 0.117. The van der Waals surface area contributed by atoms with Gasteiger partial charge in [0.05, 0.1) is 5.92 Å². The van der Waals surface area contributed by atoms with Crippen molar-refractivity contribution in [3.05, 3.63) is 36.0 Å². The minimum absolute atomic E-state index is 0.0397. The topological polar surface area (TPSA) is 41.8 Å². The van der Waals surface area contributed by atoms with Crippen LogP contribution in [0.5, 0.6) is 0 Å². The molecule has 0 aliphatic carbocycles. The summed E-state index contributed by atoms with van der Waals surface area (Å²) in [5, 5.41) is 0.827. The van der Waals surface area contributed by atoms with E-state index in [1.165, 1.54) is 0 Å². The van der Waals surface area contributed by atoms with E-state index < -0.39 is 12.3 Å². The molecule has 2 rings (SSSR count). The highest BCUT2D eigenvalue weighted by Crippen LogP contribution is 2.28. The fourth-order valence-electron chi connectivity index (χ4n) is 1.80. The lowest BCUT2D eigenvalue weighted by Crippen LogP contribution is -2.19. The molecule has 0 saturated heterocycles. The quantitative estimate of drug-likeness (QED) is 0.802. The first-order valence-electron chi connectivity index (χ1n) is 4.78. The minimum atomic E-state index is -2.42. The highest BCUT2D eigenvalue weighted by molar-refractivity contribution is 5.83. The summed E-state index contributed by atoms with van der Waals surface area (Å²) in [5.41, 5.74) is 6.86. The minimum Gasteiger partial charge on any atom is -0.361 e. The molecular formula is C11H12F2N2. The fraction of sp³-hybridized carbons (Fsp3) is 0.273. The van der Waals surface area contributed by atoms with E-state index in [-0.39, 0.29) is 6.54 Å². The van der Waals surface area contributed by atoms with Crippen LogP contribution in [0.4, 0.5) is 8.78 Å². The number of aromatic nitrogens is 1. The van der Waals surface area contributed by atoms with Crippen molar-refractivity contribution in [1.82, 2.24) is 4.98 Å². The van der Waals surface area contributed by atoms with Crippen molar-refractivity contribution in [3.63, 3.8) is 0 Å². The number of fused-ring (bicyclic) bond motifs is 1. The van der Waals surface area contributed by atoms with Crippen molar-refractivity contribution in [2.24, 2.45) is 5.73 Å². The molecule has 0 aliphatic heterocycles. The normalized spacial score (nSPS) is 13.6. The van der Waals surface area contributed by atoms with Gasteiger partial charge in [0.1, 0.15) is 0 Å². The summed E-state index contributed by atoms with van der Waals surface area (Å²) in [6.45, 7) is -0.0397. The van der Waals surface area contributed by atoms with Crippen LogP contribution in [0.15, 0.2) is 30.5 Å². The maximum absolute atomic E-state index is 12.7. The number of H-pyrrole nitrogens is 1. The van der Waals surface area contributed by atoms with Gasteiger partial charge >= 0.3 is 0 Å². The highest BCUT2D eigenvalue weighted by atomic mass is 19.3. The van der Waals surface area contributed by atoms with Gasteiger partial charge in [0.2, 0.25) is 6.43 Å². The number of hydrogen-bond donors (Lipinski definition) is 2. The average Bonchev–Trinajstić information content (AvgIpc) is 2.66. The van der Waals surface area contributed by atoms with Gasteiger partial charge in [-0.15, -0.1) is 0 Å². The zero-order valence-electron chi connectivity index (χ0n) is 8.08.